The number of benzene rings is 2. The van der Waals surface area contributed by atoms with Gasteiger partial charge in [-0.25, -0.2) is 0 Å². The lowest BCUT2D eigenvalue weighted by Gasteiger charge is -2.14. The molecular weight excluding hydrogens is 392 g/mol. The van der Waals surface area contributed by atoms with Crippen molar-refractivity contribution >= 4 is 29.0 Å². The van der Waals surface area contributed by atoms with Gasteiger partial charge in [-0.2, -0.15) is 0 Å². The van der Waals surface area contributed by atoms with Crippen molar-refractivity contribution < 1.29 is 9.59 Å². The SMILES string of the molecule is Cc1ccccc1CN1C(=O)S/C(=C\c2cc(C)n(Cc3ccccc3)c2C)C1=O. The number of imide groups is 1. The molecule has 2 amide bonds. The number of carbonyl (C=O) groups excluding carboxylic acids is 2. The van der Waals surface area contributed by atoms with Gasteiger partial charge in [-0.3, -0.25) is 14.5 Å². The van der Waals surface area contributed by atoms with E-state index in [-0.39, 0.29) is 11.1 Å². The molecule has 152 valence electrons. The molecular formula is C25H24N2O2S. The van der Waals surface area contributed by atoms with Crippen molar-refractivity contribution in [3.05, 3.63) is 99.2 Å². The van der Waals surface area contributed by atoms with E-state index < -0.39 is 0 Å². The second kappa shape index (κ2) is 8.36. The molecule has 4 rings (SSSR count). The van der Waals surface area contributed by atoms with Crippen LogP contribution in [0.5, 0.6) is 0 Å². The first-order chi connectivity index (χ1) is 14.4. The molecule has 5 heteroatoms. The fourth-order valence-electron chi connectivity index (χ4n) is 3.72. The molecule has 1 fully saturated rings. The highest BCUT2D eigenvalue weighted by atomic mass is 32.2. The third kappa shape index (κ3) is 3.98. The number of thioether (sulfide) groups is 1. The summed E-state index contributed by atoms with van der Waals surface area (Å²) in [5, 5.41) is -0.215. The molecule has 0 saturated carbocycles. The van der Waals surface area contributed by atoms with E-state index in [1.54, 1.807) is 0 Å². The summed E-state index contributed by atoms with van der Waals surface area (Å²) >= 11 is 1.02. The van der Waals surface area contributed by atoms with Crippen LogP contribution in [0.1, 0.15) is 33.6 Å². The summed E-state index contributed by atoms with van der Waals surface area (Å²) in [5.74, 6) is -0.221. The topological polar surface area (TPSA) is 42.3 Å². The van der Waals surface area contributed by atoms with Gasteiger partial charge in [-0.05, 0) is 66.9 Å². The van der Waals surface area contributed by atoms with Gasteiger partial charge >= 0.3 is 0 Å². The van der Waals surface area contributed by atoms with Crippen molar-refractivity contribution in [2.45, 2.75) is 33.9 Å². The first-order valence-electron chi connectivity index (χ1n) is 9.94. The first kappa shape index (κ1) is 20.2. The van der Waals surface area contributed by atoms with Crippen LogP contribution < -0.4 is 0 Å². The van der Waals surface area contributed by atoms with Crippen LogP contribution in [0.4, 0.5) is 4.79 Å². The molecule has 0 radical (unpaired) electrons. The van der Waals surface area contributed by atoms with Crippen LogP contribution >= 0.6 is 11.8 Å². The molecule has 2 heterocycles. The minimum atomic E-state index is -0.221. The average molecular weight is 417 g/mol. The van der Waals surface area contributed by atoms with Crippen molar-refractivity contribution in [3.63, 3.8) is 0 Å². The lowest BCUT2D eigenvalue weighted by atomic mass is 10.1. The Morgan fingerprint density at radius 3 is 2.33 bits per heavy atom. The van der Waals surface area contributed by atoms with Crippen LogP contribution in [0.25, 0.3) is 6.08 Å². The van der Waals surface area contributed by atoms with E-state index in [2.05, 4.69) is 36.6 Å². The highest BCUT2D eigenvalue weighted by Crippen LogP contribution is 2.34. The number of amides is 2. The Kier molecular flexibility index (Phi) is 5.64. The van der Waals surface area contributed by atoms with Crippen LogP contribution in [-0.4, -0.2) is 20.6 Å². The fraction of sp³-hybridized carbons (Fsp3) is 0.200. The van der Waals surface area contributed by atoms with Gasteiger partial charge in [0.05, 0.1) is 11.4 Å². The Morgan fingerprint density at radius 2 is 1.60 bits per heavy atom. The molecule has 0 unspecified atom stereocenters. The number of hydrogen-bond acceptors (Lipinski definition) is 3. The lowest BCUT2D eigenvalue weighted by Crippen LogP contribution is -2.27. The third-order valence-electron chi connectivity index (χ3n) is 5.55. The lowest BCUT2D eigenvalue weighted by molar-refractivity contribution is -0.123. The van der Waals surface area contributed by atoms with Crippen LogP contribution in [-0.2, 0) is 17.9 Å². The summed E-state index contributed by atoms with van der Waals surface area (Å²) in [6.07, 6.45) is 1.85. The number of rotatable bonds is 5. The maximum Gasteiger partial charge on any atom is 0.293 e. The predicted molar refractivity (Wildman–Crippen MR) is 122 cm³/mol. The fourth-order valence-corrected chi connectivity index (χ4v) is 4.55. The second-order valence-corrected chi connectivity index (χ2v) is 8.59. The van der Waals surface area contributed by atoms with E-state index in [0.717, 1.165) is 46.4 Å². The van der Waals surface area contributed by atoms with Crippen molar-refractivity contribution in [3.8, 4) is 0 Å². The van der Waals surface area contributed by atoms with Crippen LogP contribution in [0.3, 0.4) is 0 Å². The molecule has 4 nitrogen and oxygen atoms in total. The molecule has 2 aromatic carbocycles. The maximum atomic E-state index is 12.9. The van der Waals surface area contributed by atoms with Gasteiger partial charge in [0.1, 0.15) is 0 Å². The molecule has 1 aliphatic rings. The molecule has 1 aliphatic heterocycles. The Hall–Kier alpha value is -3.05. The third-order valence-corrected chi connectivity index (χ3v) is 6.45. The molecule has 30 heavy (non-hydrogen) atoms. The minimum absolute atomic E-state index is 0.215. The Morgan fingerprint density at radius 1 is 0.900 bits per heavy atom. The summed E-state index contributed by atoms with van der Waals surface area (Å²) in [6, 6.07) is 20.2. The number of aromatic nitrogens is 1. The maximum absolute atomic E-state index is 12.9. The van der Waals surface area contributed by atoms with Crippen molar-refractivity contribution in [2.75, 3.05) is 0 Å². The average Bonchev–Trinajstić information content (AvgIpc) is 3.15. The van der Waals surface area contributed by atoms with E-state index in [9.17, 15) is 9.59 Å². The van der Waals surface area contributed by atoms with E-state index in [1.807, 2.05) is 55.5 Å². The zero-order valence-electron chi connectivity index (χ0n) is 17.4. The zero-order chi connectivity index (χ0) is 21.3. The van der Waals surface area contributed by atoms with Gasteiger partial charge in [0.2, 0.25) is 0 Å². The van der Waals surface area contributed by atoms with Crippen LogP contribution in [0.2, 0.25) is 0 Å². The number of aryl methyl sites for hydroxylation is 2. The van der Waals surface area contributed by atoms with Gasteiger partial charge in [0.25, 0.3) is 11.1 Å². The smallest absolute Gasteiger partial charge is 0.293 e. The Labute approximate surface area is 181 Å². The minimum Gasteiger partial charge on any atom is -0.344 e. The summed E-state index contributed by atoms with van der Waals surface area (Å²) < 4.78 is 2.23. The molecule has 1 aromatic heterocycles. The summed E-state index contributed by atoms with van der Waals surface area (Å²) in [4.78, 5) is 27.3. The molecule has 1 saturated heterocycles. The second-order valence-electron chi connectivity index (χ2n) is 7.59. The molecule has 0 bridgehead atoms. The van der Waals surface area contributed by atoms with Gasteiger partial charge < -0.3 is 4.57 Å². The van der Waals surface area contributed by atoms with Gasteiger partial charge in [0, 0.05) is 17.9 Å². The quantitative estimate of drug-likeness (QED) is 0.501. The zero-order valence-corrected chi connectivity index (χ0v) is 18.2. The van der Waals surface area contributed by atoms with Gasteiger partial charge in [0.15, 0.2) is 0 Å². The number of hydrogen-bond donors (Lipinski definition) is 0. The first-order valence-corrected chi connectivity index (χ1v) is 10.8. The molecule has 0 atom stereocenters. The Bertz CT molecular complexity index is 1150. The van der Waals surface area contributed by atoms with Crippen molar-refractivity contribution in [2.24, 2.45) is 0 Å². The normalized spacial score (nSPS) is 15.4. The monoisotopic (exact) mass is 416 g/mol. The van der Waals surface area contributed by atoms with Crippen molar-refractivity contribution in [1.82, 2.24) is 9.47 Å². The van der Waals surface area contributed by atoms with E-state index in [4.69, 9.17) is 0 Å². The standard InChI is InChI=1S/C25H24N2O2S/c1-17-9-7-8-12-21(17)16-27-24(28)23(30-25(27)29)14-22-13-18(2)26(19(22)3)15-20-10-5-4-6-11-20/h4-14H,15-16H2,1-3H3/b23-14-. The van der Waals surface area contributed by atoms with E-state index >= 15 is 0 Å². The Balaban J connectivity index is 1.58. The van der Waals surface area contributed by atoms with Gasteiger partial charge in [-0.15, -0.1) is 0 Å². The largest absolute Gasteiger partial charge is 0.344 e. The highest BCUT2D eigenvalue weighted by molar-refractivity contribution is 8.18. The van der Waals surface area contributed by atoms with Gasteiger partial charge in [-0.1, -0.05) is 54.6 Å². The molecule has 0 spiro atoms. The van der Waals surface area contributed by atoms with Crippen LogP contribution in [0, 0.1) is 20.8 Å². The molecule has 0 N–H and O–H groups in total. The predicted octanol–water partition coefficient (Wildman–Crippen LogP) is 5.70. The molecule has 3 aromatic rings. The van der Waals surface area contributed by atoms with E-state index in [1.165, 1.54) is 10.5 Å². The highest BCUT2D eigenvalue weighted by Gasteiger charge is 2.35. The number of nitrogens with zero attached hydrogens (tertiary/aromatic N) is 2. The van der Waals surface area contributed by atoms with Crippen LogP contribution in [0.15, 0.2) is 65.6 Å². The van der Waals surface area contributed by atoms with E-state index in [0.29, 0.717) is 11.4 Å². The summed E-state index contributed by atoms with van der Waals surface area (Å²) in [7, 11) is 0. The van der Waals surface area contributed by atoms with Crippen molar-refractivity contribution in [1.29, 1.82) is 0 Å². The molecule has 0 aliphatic carbocycles. The number of carbonyl (C=O) groups is 2. The summed E-state index contributed by atoms with van der Waals surface area (Å²) in [5.41, 5.74) is 6.48. The summed E-state index contributed by atoms with van der Waals surface area (Å²) in [6.45, 7) is 7.20.